The number of amides is 1. The van der Waals surface area contributed by atoms with Crippen molar-refractivity contribution in [2.75, 3.05) is 19.8 Å². The van der Waals surface area contributed by atoms with Gasteiger partial charge in [0.2, 0.25) is 11.8 Å². The maximum Gasteiger partial charge on any atom is 0.243 e. The Bertz CT molecular complexity index is 1310. The third-order valence-corrected chi connectivity index (χ3v) is 6.99. The van der Waals surface area contributed by atoms with E-state index in [1.807, 2.05) is 25.3 Å². The fourth-order valence-corrected chi connectivity index (χ4v) is 4.20. The average Bonchev–Trinajstić information content (AvgIpc) is 3.24. The van der Waals surface area contributed by atoms with Gasteiger partial charge in [0.05, 0.1) is 23.2 Å². The number of aliphatic imine (C=N–C) groups is 1. The molecule has 9 heteroatoms. The Morgan fingerprint density at radius 1 is 1.16 bits per heavy atom. The minimum absolute atomic E-state index is 0.0367. The fourth-order valence-electron chi connectivity index (χ4n) is 4.20. The minimum atomic E-state index is -0.416. The van der Waals surface area contributed by atoms with Crippen LogP contribution in [0.5, 0.6) is 0 Å². The molecule has 0 bridgehead atoms. The molecule has 1 amide bonds. The third kappa shape index (κ3) is 5.55. The van der Waals surface area contributed by atoms with E-state index in [9.17, 15) is 4.79 Å². The molecule has 0 saturated heterocycles. The zero-order chi connectivity index (χ0) is 26.7. The fraction of sp³-hybridized carbons (Fsp3) is 0.393. The number of pyridine rings is 2. The maximum atomic E-state index is 12.1. The number of likely N-dealkylation sites (N-methyl/N-ethyl adjacent to an activating group) is 1. The van der Waals surface area contributed by atoms with E-state index in [4.69, 9.17) is 20.4 Å². The number of allylic oxidation sites excluding steroid dienone is 1. The largest absolute Gasteiger partial charge is 0.474 e. The summed E-state index contributed by atoms with van der Waals surface area (Å²) in [6.07, 6.45) is 9.98. The Morgan fingerprint density at radius 2 is 1.95 bits per heavy atom. The number of nitrogens with two attached hydrogens (primary N) is 1. The van der Waals surface area contributed by atoms with Crippen LogP contribution in [0.4, 0.5) is 5.82 Å². The number of hydrogen-bond acceptors (Lipinski definition) is 7. The molecule has 9 nitrogen and oxygen atoms in total. The quantitative estimate of drug-likeness (QED) is 0.523. The monoisotopic (exact) mass is 501 g/mol. The molecule has 3 aromatic rings. The average molecular weight is 502 g/mol. The first-order chi connectivity index (χ1) is 17.6. The van der Waals surface area contributed by atoms with Crippen LogP contribution in [0.3, 0.4) is 0 Å². The molecule has 37 heavy (non-hydrogen) atoms. The molecule has 0 aromatic carbocycles. The molecule has 0 saturated carbocycles. The Hall–Kier alpha value is -4.01. The van der Waals surface area contributed by atoms with E-state index in [0.717, 1.165) is 34.5 Å². The minimum Gasteiger partial charge on any atom is -0.474 e. The van der Waals surface area contributed by atoms with Crippen molar-refractivity contribution in [1.82, 2.24) is 24.6 Å². The van der Waals surface area contributed by atoms with Crippen LogP contribution >= 0.6 is 0 Å². The predicted molar refractivity (Wildman–Crippen MR) is 145 cm³/mol. The molecule has 2 atom stereocenters. The van der Waals surface area contributed by atoms with Gasteiger partial charge in [-0.25, -0.2) is 9.98 Å². The van der Waals surface area contributed by atoms with Crippen molar-refractivity contribution < 1.29 is 9.53 Å². The lowest BCUT2D eigenvalue weighted by Gasteiger charge is -2.34. The molecule has 2 unspecified atom stereocenters. The highest BCUT2D eigenvalue weighted by Gasteiger charge is 2.37. The van der Waals surface area contributed by atoms with Crippen LogP contribution in [-0.2, 0) is 21.5 Å². The predicted octanol–water partition coefficient (Wildman–Crippen LogP) is 4.06. The first-order valence-corrected chi connectivity index (χ1v) is 12.4. The molecule has 1 aliphatic rings. The third-order valence-electron chi connectivity index (χ3n) is 6.99. The topological polar surface area (TPSA) is 112 Å². The molecule has 0 radical (unpaired) electrons. The second-order valence-corrected chi connectivity index (χ2v) is 10.1. The number of hydrogen-bond donors (Lipinski definition) is 1. The Kier molecular flexibility index (Phi) is 7.42. The SMILES string of the molecule is CC1CC=C(C(C)(c2ccc(-c3ccc(N)nc3)nc2)C(C)C)N=C(c2cnn(CC(=O)N(C)C)c2)O1. The smallest absolute Gasteiger partial charge is 0.243 e. The summed E-state index contributed by atoms with van der Waals surface area (Å²) in [5.41, 5.74) is 9.77. The standard InChI is InChI=1S/C28H35N7O2/c1-18(2)28(4,22-9-10-23(30-15-22)20-8-12-25(29)31-13-20)24-11-7-19(3)37-27(33-24)21-14-32-35(16-21)17-26(36)34(5)6/h8-16,18-19H,7,17H2,1-6H3,(H2,29,31). The molecule has 0 aliphatic carbocycles. The Balaban J connectivity index is 1.68. The van der Waals surface area contributed by atoms with Gasteiger partial charge in [0.15, 0.2) is 0 Å². The van der Waals surface area contributed by atoms with Crippen molar-refractivity contribution in [3.8, 4) is 11.3 Å². The van der Waals surface area contributed by atoms with Gasteiger partial charge in [0.1, 0.15) is 18.5 Å². The van der Waals surface area contributed by atoms with Gasteiger partial charge in [0, 0.05) is 50.1 Å². The number of aromatic nitrogens is 4. The summed E-state index contributed by atoms with van der Waals surface area (Å²) in [4.78, 5) is 27.6. The van der Waals surface area contributed by atoms with E-state index in [1.165, 1.54) is 0 Å². The molecule has 4 heterocycles. The zero-order valence-electron chi connectivity index (χ0n) is 22.3. The molecule has 194 valence electrons. The number of nitrogen functional groups attached to an aromatic ring is 1. The van der Waals surface area contributed by atoms with Crippen molar-refractivity contribution in [1.29, 1.82) is 0 Å². The summed E-state index contributed by atoms with van der Waals surface area (Å²) in [6.45, 7) is 8.76. The Labute approximate surface area is 218 Å². The number of anilines is 1. The van der Waals surface area contributed by atoms with Gasteiger partial charge >= 0.3 is 0 Å². The number of carbonyl (C=O) groups is 1. The van der Waals surface area contributed by atoms with Crippen molar-refractivity contribution in [3.63, 3.8) is 0 Å². The van der Waals surface area contributed by atoms with E-state index < -0.39 is 5.41 Å². The first-order valence-electron chi connectivity index (χ1n) is 12.4. The maximum absolute atomic E-state index is 12.1. The highest BCUT2D eigenvalue weighted by molar-refractivity contribution is 5.95. The van der Waals surface area contributed by atoms with Gasteiger partial charge in [-0.2, -0.15) is 5.10 Å². The summed E-state index contributed by atoms with van der Waals surface area (Å²) in [5.74, 6) is 1.17. The van der Waals surface area contributed by atoms with Gasteiger partial charge in [-0.15, -0.1) is 0 Å². The van der Waals surface area contributed by atoms with Crippen LogP contribution in [0, 0.1) is 5.92 Å². The zero-order valence-corrected chi connectivity index (χ0v) is 22.3. The Morgan fingerprint density at radius 3 is 2.57 bits per heavy atom. The summed E-state index contributed by atoms with van der Waals surface area (Å²) < 4.78 is 7.82. The van der Waals surface area contributed by atoms with E-state index in [0.29, 0.717) is 11.7 Å². The van der Waals surface area contributed by atoms with E-state index in [1.54, 1.807) is 48.3 Å². The van der Waals surface area contributed by atoms with E-state index in [-0.39, 0.29) is 24.5 Å². The molecule has 0 fully saturated rings. The van der Waals surface area contributed by atoms with Crippen LogP contribution in [0.1, 0.15) is 45.2 Å². The van der Waals surface area contributed by atoms with Crippen LogP contribution in [0.25, 0.3) is 11.3 Å². The van der Waals surface area contributed by atoms with Gasteiger partial charge in [-0.1, -0.05) is 26.0 Å². The van der Waals surface area contributed by atoms with Crippen LogP contribution in [-0.4, -0.2) is 56.7 Å². The van der Waals surface area contributed by atoms with Crippen LogP contribution in [0.15, 0.2) is 65.8 Å². The van der Waals surface area contributed by atoms with Crippen LogP contribution in [0.2, 0.25) is 0 Å². The lowest BCUT2D eigenvalue weighted by atomic mass is 9.71. The number of rotatable bonds is 7. The molecule has 4 rings (SSSR count). The molecule has 0 spiro atoms. The lowest BCUT2D eigenvalue weighted by Crippen LogP contribution is -2.31. The van der Waals surface area contributed by atoms with Gasteiger partial charge in [0.25, 0.3) is 0 Å². The number of ether oxygens (including phenoxy) is 1. The molecule has 2 N–H and O–H groups in total. The van der Waals surface area contributed by atoms with Gasteiger partial charge < -0.3 is 15.4 Å². The van der Waals surface area contributed by atoms with Crippen molar-refractivity contribution in [2.45, 2.75) is 52.2 Å². The molecule has 3 aromatic heterocycles. The normalized spacial score (nSPS) is 17.3. The van der Waals surface area contributed by atoms with E-state index in [2.05, 4.69) is 43.0 Å². The highest BCUT2D eigenvalue weighted by atomic mass is 16.5. The van der Waals surface area contributed by atoms with Crippen molar-refractivity contribution in [2.24, 2.45) is 10.9 Å². The summed E-state index contributed by atoms with van der Waals surface area (Å²) in [7, 11) is 3.45. The summed E-state index contributed by atoms with van der Waals surface area (Å²) >= 11 is 0. The first kappa shape index (κ1) is 26.1. The number of nitrogens with zero attached hydrogens (tertiary/aromatic N) is 6. The van der Waals surface area contributed by atoms with Crippen LogP contribution < -0.4 is 5.73 Å². The molecular formula is C28H35N7O2. The van der Waals surface area contributed by atoms with Gasteiger partial charge in [-0.05, 0) is 43.5 Å². The molecule has 1 aliphatic heterocycles. The van der Waals surface area contributed by atoms with E-state index >= 15 is 0 Å². The second kappa shape index (κ2) is 10.5. The van der Waals surface area contributed by atoms with Gasteiger partial charge in [-0.3, -0.25) is 14.5 Å². The lowest BCUT2D eigenvalue weighted by molar-refractivity contribution is -0.129. The number of carbonyl (C=O) groups excluding carboxylic acids is 1. The van der Waals surface area contributed by atoms with Crippen molar-refractivity contribution >= 4 is 17.6 Å². The second-order valence-electron chi connectivity index (χ2n) is 10.1. The summed E-state index contributed by atoms with van der Waals surface area (Å²) in [5, 5.41) is 4.36. The molecular weight excluding hydrogens is 466 g/mol. The van der Waals surface area contributed by atoms with Crippen molar-refractivity contribution in [3.05, 3.63) is 72.0 Å². The highest BCUT2D eigenvalue weighted by Crippen LogP contribution is 2.41. The summed E-state index contributed by atoms with van der Waals surface area (Å²) in [6, 6.07) is 7.81.